The lowest BCUT2D eigenvalue weighted by Crippen LogP contribution is -2.13. The van der Waals surface area contributed by atoms with Gasteiger partial charge in [-0.05, 0) is 35.7 Å². The molecule has 0 bridgehead atoms. The van der Waals surface area contributed by atoms with Crippen LogP contribution in [0.2, 0.25) is 10.0 Å². The summed E-state index contributed by atoms with van der Waals surface area (Å²) in [5.41, 5.74) is 8.09. The highest BCUT2D eigenvalue weighted by molar-refractivity contribution is 6.35. The summed E-state index contributed by atoms with van der Waals surface area (Å²) in [7, 11) is 0. The van der Waals surface area contributed by atoms with Gasteiger partial charge in [-0.15, -0.1) is 0 Å². The third-order valence-corrected chi connectivity index (χ3v) is 3.15. The van der Waals surface area contributed by atoms with Crippen LogP contribution >= 0.6 is 23.2 Å². The molecule has 4 heteroatoms. The summed E-state index contributed by atoms with van der Waals surface area (Å²) < 4.78 is 0. The molecule has 0 amide bonds. The van der Waals surface area contributed by atoms with Gasteiger partial charge in [0.25, 0.3) is 0 Å². The molecule has 88 valence electrons. The van der Waals surface area contributed by atoms with E-state index in [2.05, 4.69) is 4.98 Å². The fourth-order valence-electron chi connectivity index (χ4n) is 1.64. The second-order valence-corrected chi connectivity index (χ2v) is 4.68. The molecule has 1 heterocycles. The smallest absolute Gasteiger partial charge is 0.0453 e. The van der Waals surface area contributed by atoms with Crippen molar-refractivity contribution in [1.29, 1.82) is 0 Å². The predicted octanol–water partition coefficient (Wildman–Crippen LogP) is 3.63. The summed E-state index contributed by atoms with van der Waals surface area (Å²) >= 11 is 12.0. The standard InChI is InChI=1S/C13H12Cl2N2/c14-11-4-3-9(12(15)7-11)6-13(16)10-2-1-5-17-8-10/h1-5,7-8,13H,6,16H2. The summed E-state index contributed by atoms with van der Waals surface area (Å²) in [5, 5.41) is 1.28. The van der Waals surface area contributed by atoms with Gasteiger partial charge >= 0.3 is 0 Å². The lowest BCUT2D eigenvalue weighted by atomic mass is 10.0. The number of hydrogen-bond donors (Lipinski definition) is 1. The summed E-state index contributed by atoms with van der Waals surface area (Å²) in [4.78, 5) is 4.05. The maximum Gasteiger partial charge on any atom is 0.0453 e. The molecule has 2 N–H and O–H groups in total. The van der Waals surface area contributed by atoms with Gasteiger partial charge in [0.1, 0.15) is 0 Å². The lowest BCUT2D eigenvalue weighted by Gasteiger charge is -2.12. The van der Waals surface area contributed by atoms with E-state index >= 15 is 0 Å². The number of nitrogens with zero attached hydrogens (tertiary/aromatic N) is 1. The molecule has 0 saturated carbocycles. The Morgan fingerprint density at radius 2 is 2.06 bits per heavy atom. The first-order chi connectivity index (χ1) is 8.16. The molecule has 1 atom stereocenters. The van der Waals surface area contributed by atoms with Crippen LogP contribution in [0, 0.1) is 0 Å². The molecule has 0 fully saturated rings. The highest BCUT2D eigenvalue weighted by atomic mass is 35.5. The summed E-state index contributed by atoms with van der Waals surface area (Å²) in [6.07, 6.45) is 4.17. The van der Waals surface area contributed by atoms with Crippen molar-refractivity contribution in [3.63, 3.8) is 0 Å². The lowest BCUT2D eigenvalue weighted by molar-refractivity contribution is 0.718. The van der Waals surface area contributed by atoms with Crippen molar-refractivity contribution in [3.05, 3.63) is 63.9 Å². The average molecular weight is 267 g/mol. The summed E-state index contributed by atoms with van der Waals surface area (Å²) in [5.74, 6) is 0. The van der Waals surface area contributed by atoms with Crippen molar-refractivity contribution in [2.45, 2.75) is 12.5 Å². The highest BCUT2D eigenvalue weighted by Gasteiger charge is 2.09. The molecular formula is C13H12Cl2N2. The monoisotopic (exact) mass is 266 g/mol. The van der Waals surface area contributed by atoms with Gasteiger partial charge in [0.15, 0.2) is 0 Å². The van der Waals surface area contributed by atoms with E-state index < -0.39 is 0 Å². The number of pyridine rings is 1. The number of rotatable bonds is 3. The van der Waals surface area contributed by atoms with E-state index in [-0.39, 0.29) is 6.04 Å². The molecule has 0 aliphatic rings. The highest BCUT2D eigenvalue weighted by Crippen LogP contribution is 2.24. The molecule has 0 spiro atoms. The van der Waals surface area contributed by atoms with Crippen molar-refractivity contribution in [2.75, 3.05) is 0 Å². The predicted molar refractivity (Wildman–Crippen MR) is 71.3 cm³/mol. The second-order valence-electron chi connectivity index (χ2n) is 3.83. The van der Waals surface area contributed by atoms with Crippen LogP contribution in [-0.2, 0) is 6.42 Å². The van der Waals surface area contributed by atoms with Gasteiger partial charge in [-0.25, -0.2) is 0 Å². The fourth-order valence-corrected chi connectivity index (χ4v) is 2.12. The zero-order valence-electron chi connectivity index (χ0n) is 9.11. The number of nitrogens with two attached hydrogens (primary N) is 1. The van der Waals surface area contributed by atoms with E-state index in [0.717, 1.165) is 11.1 Å². The van der Waals surface area contributed by atoms with Crippen LogP contribution in [-0.4, -0.2) is 4.98 Å². The van der Waals surface area contributed by atoms with Crippen molar-refractivity contribution in [2.24, 2.45) is 5.73 Å². The van der Waals surface area contributed by atoms with Crippen LogP contribution in [0.4, 0.5) is 0 Å². The van der Waals surface area contributed by atoms with E-state index in [9.17, 15) is 0 Å². The van der Waals surface area contributed by atoms with E-state index in [4.69, 9.17) is 28.9 Å². The molecule has 2 nitrogen and oxygen atoms in total. The first kappa shape index (κ1) is 12.4. The van der Waals surface area contributed by atoms with Crippen LogP contribution in [0.5, 0.6) is 0 Å². The zero-order valence-corrected chi connectivity index (χ0v) is 10.6. The maximum atomic E-state index is 6.11. The molecule has 0 saturated heterocycles. The Labute approximate surface area is 110 Å². The van der Waals surface area contributed by atoms with Crippen molar-refractivity contribution < 1.29 is 0 Å². The van der Waals surface area contributed by atoms with Crippen LogP contribution in [0.25, 0.3) is 0 Å². The minimum atomic E-state index is -0.109. The molecule has 17 heavy (non-hydrogen) atoms. The van der Waals surface area contributed by atoms with Gasteiger partial charge in [0.2, 0.25) is 0 Å². The maximum absolute atomic E-state index is 6.11. The number of halogens is 2. The Hall–Kier alpha value is -1.09. The Bertz CT molecular complexity index is 500. The van der Waals surface area contributed by atoms with Gasteiger partial charge in [-0.1, -0.05) is 35.3 Å². The normalized spacial score (nSPS) is 12.4. The minimum absolute atomic E-state index is 0.109. The quantitative estimate of drug-likeness (QED) is 0.922. The molecule has 1 aromatic heterocycles. The SMILES string of the molecule is NC(Cc1ccc(Cl)cc1Cl)c1cccnc1. The first-order valence-electron chi connectivity index (χ1n) is 5.26. The van der Waals surface area contributed by atoms with Crippen LogP contribution in [0.15, 0.2) is 42.7 Å². The summed E-state index contributed by atoms with van der Waals surface area (Å²) in [6.45, 7) is 0. The molecule has 0 aliphatic heterocycles. The van der Waals surface area contributed by atoms with Crippen molar-refractivity contribution in [1.82, 2.24) is 4.98 Å². The molecule has 0 aliphatic carbocycles. The number of aromatic nitrogens is 1. The molecule has 2 aromatic rings. The van der Waals surface area contributed by atoms with Crippen LogP contribution in [0.1, 0.15) is 17.2 Å². The van der Waals surface area contributed by atoms with Crippen molar-refractivity contribution >= 4 is 23.2 Å². The van der Waals surface area contributed by atoms with Gasteiger partial charge < -0.3 is 5.73 Å². The Kier molecular flexibility index (Phi) is 4.00. The zero-order chi connectivity index (χ0) is 12.3. The van der Waals surface area contributed by atoms with Gasteiger partial charge in [-0.2, -0.15) is 0 Å². The molecule has 1 aromatic carbocycles. The topological polar surface area (TPSA) is 38.9 Å². The largest absolute Gasteiger partial charge is 0.324 e. The third kappa shape index (κ3) is 3.19. The third-order valence-electron chi connectivity index (χ3n) is 2.57. The second kappa shape index (κ2) is 5.50. The number of hydrogen-bond acceptors (Lipinski definition) is 2. The van der Waals surface area contributed by atoms with Gasteiger partial charge in [0.05, 0.1) is 0 Å². The molecule has 2 rings (SSSR count). The number of benzene rings is 1. The van der Waals surface area contributed by atoms with E-state index in [0.29, 0.717) is 16.5 Å². The summed E-state index contributed by atoms with van der Waals surface area (Å²) in [6, 6.07) is 9.18. The minimum Gasteiger partial charge on any atom is -0.324 e. The van der Waals surface area contributed by atoms with E-state index in [1.807, 2.05) is 24.3 Å². The van der Waals surface area contributed by atoms with Crippen LogP contribution < -0.4 is 5.73 Å². The average Bonchev–Trinajstić information content (AvgIpc) is 2.34. The van der Waals surface area contributed by atoms with Crippen molar-refractivity contribution in [3.8, 4) is 0 Å². The van der Waals surface area contributed by atoms with E-state index in [1.54, 1.807) is 18.5 Å². The first-order valence-corrected chi connectivity index (χ1v) is 6.02. The fraction of sp³-hybridized carbons (Fsp3) is 0.154. The molecule has 1 unspecified atom stereocenters. The Morgan fingerprint density at radius 3 is 2.71 bits per heavy atom. The van der Waals surface area contributed by atoms with E-state index in [1.165, 1.54) is 0 Å². The molecular weight excluding hydrogens is 255 g/mol. The molecule has 0 radical (unpaired) electrons. The van der Waals surface area contributed by atoms with Crippen LogP contribution in [0.3, 0.4) is 0 Å². The van der Waals surface area contributed by atoms with Gasteiger partial charge in [0, 0.05) is 28.5 Å². The van der Waals surface area contributed by atoms with Gasteiger partial charge in [-0.3, -0.25) is 4.98 Å². The Morgan fingerprint density at radius 1 is 1.24 bits per heavy atom. The Balaban J connectivity index is 2.16.